The van der Waals surface area contributed by atoms with Gasteiger partial charge in [-0.15, -0.1) is 11.3 Å². The van der Waals surface area contributed by atoms with E-state index in [-0.39, 0.29) is 10.9 Å². The van der Waals surface area contributed by atoms with E-state index in [9.17, 15) is 18.0 Å². The van der Waals surface area contributed by atoms with Crippen molar-refractivity contribution < 1.29 is 18.0 Å². The van der Waals surface area contributed by atoms with Crippen LogP contribution in [0.15, 0.2) is 29.2 Å². The quantitative estimate of drug-likeness (QED) is 0.600. The zero-order valence-corrected chi connectivity index (χ0v) is 21.3. The summed E-state index contributed by atoms with van der Waals surface area (Å²) in [6.07, 6.45) is 4.27. The number of hydrogen-bond acceptors (Lipinski definition) is 6. The molecule has 34 heavy (non-hydrogen) atoms. The topological polar surface area (TPSA) is 113 Å². The Hall–Kier alpha value is -2.27. The summed E-state index contributed by atoms with van der Waals surface area (Å²) >= 11 is 1.38. The number of carbonyl (C=O) groups is 2. The Balaban J connectivity index is 1.54. The molecule has 1 atom stereocenters. The maximum atomic E-state index is 13.2. The SMILES string of the molecule is CCC1CCCCN1S(=O)(=O)c1ccc(C(=O)Nc2sc3c(c2C(N)=O)CCN(CC)C3)cc1. The number of thiophene rings is 1. The molecule has 0 spiro atoms. The summed E-state index contributed by atoms with van der Waals surface area (Å²) in [6, 6.07) is 6.02. The van der Waals surface area contributed by atoms with Crippen LogP contribution < -0.4 is 11.1 Å². The Morgan fingerprint density at radius 1 is 1.15 bits per heavy atom. The maximum Gasteiger partial charge on any atom is 0.256 e. The van der Waals surface area contributed by atoms with E-state index in [1.54, 1.807) is 4.31 Å². The monoisotopic (exact) mass is 504 g/mol. The van der Waals surface area contributed by atoms with Gasteiger partial charge in [0.1, 0.15) is 5.00 Å². The van der Waals surface area contributed by atoms with Crippen LogP contribution in [-0.2, 0) is 23.0 Å². The molecule has 10 heteroatoms. The molecular formula is C24H32N4O4S2. The molecule has 1 unspecified atom stereocenters. The van der Waals surface area contributed by atoms with Gasteiger partial charge < -0.3 is 11.1 Å². The van der Waals surface area contributed by atoms with Crippen molar-refractivity contribution in [3.8, 4) is 0 Å². The molecule has 3 heterocycles. The number of benzene rings is 1. The highest BCUT2D eigenvalue weighted by atomic mass is 32.2. The molecule has 0 saturated carbocycles. The summed E-state index contributed by atoms with van der Waals surface area (Å²) in [5.41, 5.74) is 7.29. The minimum atomic E-state index is -3.61. The average Bonchev–Trinajstić information content (AvgIpc) is 3.21. The molecular weight excluding hydrogens is 472 g/mol. The van der Waals surface area contributed by atoms with Crippen molar-refractivity contribution in [3.05, 3.63) is 45.8 Å². The lowest BCUT2D eigenvalue weighted by atomic mass is 10.0. The molecule has 2 aliphatic heterocycles. The van der Waals surface area contributed by atoms with E-state index < -0.39 is 21.8 Å². The van der Waals surface area contributed by atoms with Gasteiger partial charge in [0.25, 0.3) is 11.8 Å². The number of hydrogen-bond donors (Lipinski definition) is 2. The number of amides is 2. The number of carbonyl (C=O) groups excluding carboxylic acids is 2. The molecule has 3 N–H and O–H groups in total. The molecule has 1 fully saturated rings. The van der Waals surface area contributed by atoms with Gasteiger partial charge in [-0.05, 0) is 62.1 Å². The highest BCUT2D eigenvalue weighted by Crippen LogP contribution is 2.37. The molecule has 4 rings (SSSR count). The van der Waals surface area contributed by atoms with E-state index in [0.717, 1.165) is 62.2 Å². The van der Waals surface area contributed by atoms with Gasteiger partial charge in [-0.2, -0.15) is 4.31 Å². The predicted molar refractivity (Wildman–Crippen MR) is 134 cm³/mol. The lowest BCUT2D eigenvalue weighted by Gasteiger charge is -2.34. The number of sulfonamides is 1. The summed E-state index contributed by atoms with van der Waals surface area (Å²) in [6.45, 7) is 7.12. The largest absolute Gasteiger partial charge is 0.365 e. The van der Waals surface area contributed by atoms with Gasteiger partial charge in [-0.1, -0.05) is 20.3 Å². The first kappa shape index (κ1) is 24.8. The highest BCUT2D eigenvalue weighted by molar-refractivity contribution is 7.89. The van der Waals surface area contributed by atoms with Gasteiger partial charge in [0.2, 0.25) is 10.0 Å². The van der Waals surface area contributed by atoms with Crippen LogP contribution in [-0.4, -0.2) is 55.1 Å². The van der Waals surface area contributed by atoms with Crippen molar-refractivity contribution in [3.63, 3.8) is 0 Å². The standard InChI is InChI=1S/C24H32N4O4S2/c1-3-17-7-5-6-13-28(17)34(31,32)18-10-8-16(9-11-18)23(30)26-24-21(22(25)29)19-12-14-27(4-2)15-20(19)33-24/h8-11,17H,3-7,12-15H2,1-2H3,(H2,25,29)(H,26,30). The number of rotatable bonds is 7. The molecule has 0 radical (unpaired) electrons. The van der Waals surface area contributed by atoms with Crippen molar-refractivity contribution >= 4 is 38.2 Å². The van der Waals surface area contributed by atoms with Gasteiger partial charge in [0, 0.05) is 36.1 Å². The van der Waals surface area contributed by atoms with Crippen LogP contribution in [0.3, 0.4) is 0 Å². The number of piperidine rings is 1. The Bertz CT molecular complexity index is 1170. The normalized spacial score (nSPS) is 19.5. The van der Waals surface area contributed by atoms with Crippen LogP contribution in [0.2, 0.25) is 0 Å². The molecule has 8 nitrogen and oxygen atoms in total. The first-order valence-corrected chi connectivity index (χ1v) is 14.1. The fourth-order valence-electron chi connectivity index (χ4n) is 4.86. The van der Waals surface area contributed by atoms with Gasteiger partial charge in [-0.3, -0.25) is 14.5 Å². The molecule has 2 aromatic rings. The Kier molecular flexibility index (Phi) is 7.42. The zero-order chi connectivity index (χ0) is 24.5. The van der Waals surface area contributed by atoms with E-state index in [0.29, 0.717) is 22.7 Å². The van der Waals surface area contributed by atoms with Crippen LogP contribution in [0.25, 0.3) is 0 Å². The van der Waals surface area contributed by atoms with Gasteiger partial charge >= 0.3 is 0 Å². The summed E-state index contributed by atoms with van der Waals surface area (Å²) in [7, 11) is -3.61. The molecule has 184 valence electrons. The van der Waals surface area contributed by atoms with Crippen LogP contribution in [0, 0.1) is 0 Å². The van der Waals surface area contributed by atoms with Crippen molar-refractivity contribution in [1.29, 1.82) is 0 Å². The van der Waals surface area contributed by atoms with Gasteiger partial charge in [-0.25, -0.2) is 8.42 Å². The Morgan fingerprint density at radius 3 is 2.53 bits per heavy atom. The Morgan fingerprint density at radius 2 is 1.88 bits per heavy atom. The summed E-state index contributed by atoms with van der Waals surface area (Å²) in [4.78, 5) is 28.6. The minimum absolute atomic E-state index is 0.0161. The lowest BCUT2D eigenvalue weighted by molar-refractivity contribution is 0.1000. The molecule has 2 aliphatic rings. The lowest BCUT2D eigenvalue weighted by Crippen LogP contribution is -2.43. The highest BCUT2D eigenvalue weighted by Gasteiger charge is 2.32. The van der Waals surface area contributed by atoms with Crippen LogP contribution in [0.5, 0.6) is 0 Å². The second kappa shape index (κ2) is 10.2. The molecule has 2 amide bonds. The van der Waals surface area contributed by atoms with Crippen molar-refractivity contribution in [2.24, 2.45) is 5.73 Å². The van der Waals surface area contributed by atoms with Crippen LogP contribution >= 0.6 is 11.3 Å². The summed E-state index contributed by atoms with van der Waals surface area (Å²) in [5.74, 6) is -0.951. The molecule has 1 aromatic carbocycles. The van der Waals surface area contributed by atoms with E-state index in [2.05, 4.69) is 17.1 Å². The average molecular weight is 505 g/mol. The van der Waals surface area contributed by atoms with Crippen molar-refractivity contribution in [1.82, 2.24) is 9.21 Å². The van der Waals surface area contributed by atoms with Crippen molar-refractivity contribution in [2.75, 3.05) is 25.0 Å². The van der Waals surface area contributed by atoms with Gasteiger partial charge in [0.05, 0.1) is 10.5 Å². The fourth-order valence-corrected chi connectivity index (χ4v) is 7.92. The number of anilines is 1. The Labute approximate surface area is 205 Å². The van der Waals surface area contributed by atoms with E-state index >= 15 is 0 Å². The fraction of sp³-hybridized carbons (Fsp3) is 0.500. The molecule has 1 aromatic heterocycles. The number of nitrogens with one attached hydrogen (secondary N) is 1. The number of nitrogens with two attached hydrogens (primary N) is 1. The summed E-state index contributed by atoms with van der Waals surface area (Å²) < 4.78 is 28.0. The predicted octanol–water partition coefficient (Wildman–Crippen LogP) is 3.43. The van der Waals surface area contributed by atoms with E-state index in [4.69, 9.17) is 5.73 Å². The second-order valence-electron chi connectivity index (χ2n) is 8.84. The minimum Gasteiger partial charge on any atom is -0.365 e. The maximum absolute atomic E-state index is 13.2. The number of fused-ring (bicyclic) bond motifs is 1. The van der Waals surface area contributed by atoms with Gasteiger partial charge in [0.15, 0.2) is 0 Å². The first-order valence-electron chi connectivity index (χ1n) is 11.9. The van der Waals surface area contributed by atoms with E-state index in [1.807, 2.05) is 6.92 Å². The van der Waals surface area contributed by atoms with Crippen LogP contribution in [0.1, 0.15) is 70.7 Å². The second-order valence-corrected chi connectivity index (χ2v) is 11.8. The number of nitrogens with zero attached hydrogens (tertiary/aromatic N) is 2. The molecule has 1 saturated heterocycles. The summed E-state index contributed by atoms with van der Waals surface area (Å²) in [5, 5.41) is 3.29. The smallest absolute Gasteiger partial charge is 0.256 e. The zero-order valence-electron chi connectivity index (χ0n) is 19.7. The molecule has 0 aliphatic carbocycles. The van der Waals surface area contributed by atoms with Crippen molar-refractivity contribution in [2.45, 2.75) is 63.4 Å². The third-order valence-electron chi connectivity index (χ3n) is 6.82. The van der Waals surface area contributed by atoms with Crippen LogP contribution in [0.4, 0.5) is 5.00 Å². The van der Waals surface area contributed by atoms with E-state index in [1.165, 1.54) is 35.6 Å². The first-order chi connectivity index (χ1) is 16.3. The molecule has 0 bridgehead atoms. The third-order valence-corrected chi connectivity index (χ3v) is 9.92. The third kappa shape index (κ3) is 4.77. The number of likely N-dealkylation sites (N-methyl/N-ethyl adjacent to an activating group) is 1. The number of primary amides is 1.